The largest absolute Gasteiger partial charge is 0.295 e. The second-order valence-electron chi connectivity index (χ2n) is 4.60. The highest BCUT2D eigenvalue weighted by Gasteiger charge is 2.14. The molecule has 0 aliphatic rings. The van der Waals surface area contributed by atoms with E-state index in [1.807, 2.05) is 20.8 Å². The number of aromatic amines is 1. The van der Waals surface area contributed by atoms with Gasteiger partial charge < -0.3 is 0 Å². The van der Waals surface area contributed by atoms with Crippen molar-refractivity contribution in [2.24, 2.45) is 0 Å². The SMILES string of the molecule is Cc1[nH]n(-c2ccc(C#N)cc2)c(=O)c1C(C)C. The van der Waals surface area contributed by atoms with Gasteiger partial charge in [0.1, 0.15) is 0 Å². The maximum absolute atomic E-state index is 12.3. The molecule has 0 aliphatic heterocycles. The highest BCUT2D eigenvalue weighted by atomic mass is 16.1. The minimum Gasteiger partial charge on any atom is -0.295 e. The first kappa shape index (κ1) is 12.2. The van der Waals surface area contributed by atoms with Crippen LogP contribution in [0.2, 0.25) is 0 Å². The van der Waals surface area contributed by atoms with E-state index >= 15 is 0 Å². The van der Waals surface area contributed by atoms with Crippen molar-refractivity contribution in [3.63, 3.8) is 0 Å². The molecule has 0 spiro atoms. The zero-order chi connectivity index (χ0) is 13.3. The molecule has 0 bridgehead atoms. The summed E-state index contributed by atoms with van der Waals surface area (Å²) in [6.45, 7) is 5.90. The summed E-state index contributed by atoms with van der Waals surface area (Å²) in [7, 11) is 0. The van der Waals surface area contributed by atoms with Crippen molar-refractivity contribution >= 4 is 0 Å². The van der Waals surface area contributed by atoms with Crippen LogP contribution in [0.15, 0.2) is 29.1 Å². The minimum atomic E-state index is -0.0211. The number of nitriles is 1. The lowest BCUT2D eigenvalue weighted by Crippen LogP contribution is -2.18. The van der Waals surface area contributed by atoms with Crippen molar-refractivity contribution in [3.8, 4) is 11.8 Å². The average molecular weight is 241 g/mol. The lowest BCUT2D eigenvalue weighted by atomic mass is 10.1. The van der Waals surface area contributed by atoms with Gasteiger partial charge in [-0.25, -0.2) is 4.68 Å². The Labute approximate surface area is 105 Å². The highest BCUT2D eigenvalue weighted by molar-refractivity contribution is 5.39. The third-order valence-corrected chi connectivity index (χ3v) is 2.95. The van der Waals surface area contributed by atoms with Crippen molar-refractivity contribution in [1.29, 1.82) is 5.26 Å². The maximum Gasteiger partial charge on any atom is 0.274 e. The standard InChI is InChI=1S/C14H15N3O/c1-9(2)13-10(3)16-17(14(13)18)12-6-4-11(8-15)5-7-12/h4-7,9,16H,1-3H3. The zero-order valence-corrected chi connectivity index (χ0v) is 10.7. The fourth-order valence-corrected chi connectivity index (χ4v) is 2.11. The Kier molecular flexibility index (Phi) is 3.07. The van der Waals surface area contributed by atoms with Gasteiger partial charge in [0.15, 0.2) is 0 Å². The average Bonchev–Trinajstić information content (AvgIpc) is 2.65. The molecule has 2 rings (SSSR count). The lowest BCUT2D eigenvalue weighted by molar-refractivity contribution is 0.824. The highest BCUT2D eigenvalue weighted by Crippen LogP contribution is 2.15. The number of hydrogen-bond donors (Lipinski definition) is 1. The van der Waals surface area contributed by atoms with Crippen molar-refractivity contribution in [2.75, 3.05) is 0 Å². The maximum atomic E-state index is 12.3. The van der Waals surface area contributed by atoms with Crippen LogP contribution >= 0.6 is 0 Å². The van der Waals surface area contributed by atoms with Gasteiger partial charge in [-0.3, -0.25) is 9.89 Å². The molecule has 18 heavy (non-hydrogen) atoms. The van der Waals surface area contributed by atoms with Crippen molar-refractivity contribution in [2.45, 2.75) is 26.7 Å². The van der Waals surface area contributed by atoms with E-state index in [9.17, 15) is 4.79 Å². The molecule has 0 aliphatic carbocycles. The Morgan fingerprint density at radius 3 is 2.33 bits per heavy atom. The van der Waals surface area contributed by atoms with E-state index < -0.39 is 0 Å². The van der Waals surface area contributed by atoms with Gasteiger partial charge in [0.05, 0.1) is 17.3 Å². The van der Waals surface area contributed by atoms with Gasteiger partial charge >= 0.3 is 0 Å². The van der Waals surface area contributed by atoms with Crippen molar-refractivity contribution < 1.29 is 0 Å². The molecule has 1 aromatic heterocycles. The first-order valence-electron chi connectivity index (χ1n) is 5.86. The van der Waals surface area contributed by atoms with Crippen LogP contribution in [-0.4, -0.2) is 9.78 Å². The molecule has 0 fully saturated rings. The zero-order valence-electron chi connectivity index (χ0n) is 10.7. The quantitative estimate of drug-likeness (QED) is 0.877. The minimum absolute atomic E-state index is 0.0211. The fourth-order valence-electron chi connectivity index (χ4n) is 2.11. The molecule has 0 saturated heterocycles. The molecule has 92 valence electrons. The molecule has 1 heterocycles. The van der Waals surface area contributed by atoms with Gasteiger partial charge in [0.2, 0.25) is 0 Å². The Bertz CT molecular complexity index is 654. The molecule has 0 unspecified atom stereocenters. The predicted octanol–water partition coefficient (Wildman–Crippen LogP) is 2.47. The number of aryl methyl sites for hydroxylation is 1. The molecule has 4 heteroatoms. The van der Waals surface area contributed by atoms with E-state index in [0.29, 0.717) is 5.56 Å². The molecule has 0 atom stereocenters. The first-order valence-corrected chi connectivity index (χ1v) is 5.86. The molecule has 4 nitrogen and oxygen atoms in total. The number of H-pyrrole nitrogens is 1. The Hall–Kier alpha value is -2.28. The third kappa shape index (κ3) is 1.95. The van der Waals surface area contributed by atoms with Crippen LogP contribution in [0.25, 0.3) is 5.69 Å². The molecule has 1 N–H and O–H groups in total. The number of nitrogens with one attached hydrogen (secondary N) is 1. The summed E-state index contributed by atoms with van der Waals surface area (Å²) in [5.41, 5.74) is 3.00. The Morgan fingerprint density at radius 2 is 1.89 bits per heavy atom. The van der Waals surface area contributed by atoms with Crippen molar-refractivity contribution in [3.05, 3.63) is 51.4 Å². The molecular weight excluding hydrogens is 226 g/mol. The van der Waals surface area contributed by atoms with Gasteiger partial charge in [-0.15, -0.1) is 0 Å². The molecule has 2 aromatic rings. The normalized spacial score (nSPS) is 10.6. The van der Waals surface area contributed by atoms with Crippen LogP contribution in [0.5, 0.6) is 0 Å². The molecular formula is C14H15N3O. The smallest absolute Gasteiger partial charge is 0.274 e. The Balaban J connectivity index is 2.55. The number of hydrogen-bond acceptors (Lipinski definition) is 2. The fraction of sp³-hybridized carbons (Fsp3) is 0.286. The summed E-state index contributed by atoms with van der Waals surface area (Å²) in [5.74, 6) is 0.188. The van der Waals surface area contributed by atoms with E-state index in [1.165, 1.54) is 4.68 Å². The topological polar surface area (TPSA) is 61.6 Å². The summed E-state index contributed by atoms with van der Waals surface area (Å²) in [5, 5.41) is 11.8. The van der Waals surface area contributed by atoms with E-state index in [1.54, 1.807) is 24.3 Å². The van der Waals surface area contributed by atoms with E-state index in [2.05, 4.69) is 11.2 Å². The van der Waals surface area contributed by atoms with Crippen LogP contribution in [0, 0.1) is 18.3 Å². The van der Waals surface area contributed by atoms with Crippen LogP contribution in [-0.2, 0) is 0 Å². The van der Waals surface area contributed by atoms with Gasteiger partial charge in [0, 0.05) is 11.3 Å². The monoisotopic (exact) mass is 241 g/mol. The summed E-state index contributed by atoms with van der Waals surface area (Å²) >= 11 is 0. The van der Waals surface area contributed by atoms with Gasteiger partial charge in [-0.1, -0.05) is 13.8 Å². The van der Waals surface area contributed by atoms with Crippen LogP contribution < -0.4 is 5.56 Å². The summed E-state index contributed by atoms with van der Waals surface area (Å²) in [6.07, 6.45) is 0. The van der Waals surface area contributed by atoms with Crippen molar-refractivity contribution in [1.82, 2.24) is 9.78 Å². The summed E-state index contributed by atoms with van der Waals surface area (Å²) in [4.78, 5) is 12.3. The van der Waals surface area contributed by atoms with Gasteiger partial charge in [-0.2, -0.15) is 5.26 Å². The van der Waals surface area contributed by atoms with E-state index in [-0.39, 0.29) is 11.5 Å². The lowest BCUT2D eigenvalue weighted by Gasteiger charge is -2.01. The second kappa shape index (κ2) is 4.53. The molecule has 0 saturated carbocycles. The van der Waals surface area contributed by atoms with Crippen LogP contribution in [0.1, 0.15) is 36.6 Å². The van der Waals surface area contributed by atoms with E-state index in [0.717, 1.165) is 16.9 Å². The second-order valence-corrected chi connectivity index (χ2v) is 4.60. The number of benzene rings is 1. The van der Waals surface area contributed by atoms with Gasteiger partial charge in [-0.05, 0) is 37.1 Å². The van der Waals surface area contributed by atoms with E-state index in [4.69, 9.17) is 5.26 Å². The number of nitrogens with zero attached hydrogens (tertiary/aromatic N) is 2. The summed E-state index contributed by atoms with van der Waals surface area (Å²) < 4.78 is 1.52. The predicted molar refractivity (Wildman–Crippen MR) is 69.9 cm³/mol. The number of aromatic nitrogens is 2. The molecule has 0 radical (unpaired) electrons. The molecule has 0 amide bonds. The summed E-state index contributed by atoms with van der Waals surface area (Å²) in [6, 6.07) is 8.99. The molecule has 1 aromatic carbocycles. The first-order chi connectivity index (χ1) is 8.54. The van der Waals surface area contributed by atoms with Crippen LogP contribution in [0.3, 0.4) is 0 Å². The van der Waals surface area contributed by atoms with Gasteiger partial charge in [0.25, 0.3) is 5.56 Å². The van der Waals surface area contributed by atoms with Crippen LogP contribution in [0.4, 0.5) is 0 Å². The third-order valence-electron chi connectivity index (χ3n) is 2.95. The number of rotatable bonds is 2. The Morgan fingerprint density at radius 1 is 1.28 bits per heavy atom.